The summed E-state index contributed by atoms with van der Waals surface area (Å²) < 4.78 is 6.06. The molecule has 0 aliphatic carbocycles. The molecule has 104 valence electrons. The van der Waals surface area contributed by atoms with Gasteiger partial charge in [0.15, 0.2) is 0 Å². The molecule has 0 saturated carbocycles. The lowest BCUT2D eigenvalue weighted by Gasteiger charge is -2.14. The summed E-state index contributed by atoms with van der Waals surface area (Å²) in [6.45, 7) is 1.57. The number of carbonyl (C=O) groups excluding carboxylic acids is 2. The maximum absolute atomic E-state index is 11.7. The van der Waals surface area contributed by atoms with Crippen LogP contribution < -0.4 is 21.1 Å². The van der Waals surface area contributed by atoms with E-state index >= 15 is 0 Å². The Bertz CT molecular complexity index is 491. The second-order valence-electron chi connectivity index (χ2n) is 3.83. The maximum Gasteiger partial charge on any atom is 0.243 e. The standard InChI is InChI=1S/C12H16BrN3O3/c1-7-3-8(13)4-9(19-2)12(7)16-11(18)6-15-10(17)5-14/h3-4H,5-6,14H2,1-2H3,(H,15,17)(H,16,18). The van der Waals surface area contributed by atoms with Crippen molar-refractivity contribution < 1.29 is 14.3 Å². The molecule has 4 N–H and O–H groups in total. The van der Waals surface area contributed by atoms with Gasteiger partial charge in [0.1, 0.15) is 5.75 Å². The molecular weight excluding hydrogens is 314 g/mol. The number of methoxy groups -OCH3 is 1. The number of hydrogen-bond donors (Lipinski definition) is 3. The Morgan fingerprint density at radius 3 is 2.63 bits per heavy atom. The fraction of sp³-hybridized carbons (Fsp3) is 0.333. The SMILES string of the molecule is COc1cc(Br)cc(C)c1NC(=O)CNC(=O)CN. The van der Waals surface area contributed by atoms with E-state index in [1.807, 2.05) is 13.0 Å². The van der Waals surface area contributed by atoms with Gasteiger partial charge >= 0.3 is 0 Å². The highest BCUT2D eigenvalue weighted by Gasteiger charge is 2.12. The molecule has 0 unspecified atom stereocenters. The summed E-state index contributed by atoms with van der Waals surface area (Å²) in [6.07, 6.45) is 0. The molecule has 0 heterocycles. The van der Waals surface area contributed by atoms with Gasteiger partial charge in [0, 0.05) is 4.47 Å². The molecule has 2 amide bonds. The molecule has 1 rings (SSSR count). The topological polar surface area (TPSA) is 93.5 Å². The molecule has 0 saturated heterocycles. The van der Waals surface area contributed by atoms with Crippen molar-refractivity contribution in [3.63, 3.8) is 0 Å². The number of rotatable bonds is 5. The normalized spacial score (nSPS) is 9.89. The Labute approximate surface area is 119 Å². The minimum atomic E-state index is -0.380. The summed E-state index contributed by atoms with van der Waals surface area (Å²) in [6, 6.07) is 3.61. The van der Waals surface area contributed by atoms with Crippen molar-refractivity contribution in [2.45, 2.75) is 6.92 Å². The Hall–Kier alpha value is -1.60. The van der Waals surface area contributed by atoms with Gasteiger partial charge in [-0.1, -0.05) is 15.9 Å². The largest absolute Gasteiger partial charge is 0.495 e. The van der Waals surface area contributed by atoms with Crippen LogP contribution in [0.1, 0.15) is 5.56 Å². The average Bonchev–Trinajstić information content (AvgIpc) is 2.38. The minimum Gasteiger partial charge on any atom is -0.495 e. The zero-order chi connectivity index (χ0) is 14.4. The lowest BCUT2D eigenvalue weighted by Crippen LogP contribution is -2.36. The van der Waals surface area contributed by atoms with Gasteiger partial charge in [0.2, 0.25) is 11.8 Å². The first-order valence-corrected chi connectivity index (χ1v) is 6.38. The third-order valence-electron chi connectivity index (χ3n) is 2.38. The molecule has 1 aromatic rings. The second kappa shape index (κ2) is 7.10. The van der Waals surface area contributed by atoms with Gasteiger partial charge in [-0.2, -0.15) is 0 Å². The third-order valence-corrected chi connectivity index (χ3v) is 2.84. The molecular formula is C12H16BrN3O3. The summed E-state index contributed by atoms with van der Waals surface area (Å²) in [5.74, 6) is -0.175. The summed E-state index contributed by atoms with van der Waals surface area (Å²) in [4.78, 5) is 22.7. The summed E-state index contributed by atoms with van der Waals surface area (Å²) in [7, 11) is 1.52. The molecule has 7 heteroatoms. The molecule has 0 fully saturated rings. The number of ether oxygens (including phenoxy) is 1. The maximum atomic E-state index is 11.7. The van der Waals surface area contributed by atoms with E-state index in [1.54, 1.807) is 6.07 Å². The smallest absolute Gasteiger partial charge is 0.243 e. The highest BCUT2D eigenvalue weighted by molar-refractivity contribution is 9.10. The zero-order valence-electron chi connectivity index (χ0n) is 10.7. The van der Waals surface area contributed by atoms with Gasteiger partial charge in [-0.25, -0.2) is 0 Å². The predicted molar refractivity (Wildman–Crippen MR) is 76.1 cm³/mol. The van der Waals surface area contributed by atoms with E-state index in [0.29, 0.717) is 11.4 Å². The van der Waals surface area contributed by atoms with Crippen LogP contribution in [0, 0.1) is 6.92 Å². The quantitative estimate of drug-likeness (QED) is 0.744. The van der Waals surface area contributed by atoms with Crippen molar-refractivity contribution in [1.29, 1.82) is 0 Å². The fourth-order valence-electron chi connectivity index (χ4n) is 1.47. The molecule has 19 heavy (non-hydrogen) atoms. The predicted octanol–water partition coefficient (Wildman–Crippen LogP) is 0.780. The van der Waals surface area contributed by atoms with Crippen molar-refractivity contribution in [3.8, 4) is 5.75 Å². The third kappa shape index (κ3) is 4.53. The number of amides is 2. The van der Waals surface area contributed by atoms with Crippen LogP contribution in [0.3, 0.4) is 0 Å². The van der Waals surface area contributed by atoms with Crippen molar-refractivity contribution in [2.24, 2.45) is 5.73 Å². The van der Waals surface area contributed by atoms with Gasteiger partial charge in [0.25, 0.3) is 0 Å². The number of anilines is 1. The molecule has 1 aromatic carbocycles. The number of aryl methyl sites for hydroxylation is 1. The molecule has 0 aromatic heterocycles. The van der Waals surface area contributed by atoms with Crippen molar-refractivity contribution in [1.82, 2.24) is 5.32 Å². The van der Waals surface area contributed by atoms with Gasteiger partial charge in [-0.15, -0.1) is 0 Å². The molecule has 0 aliphatic heterocycles. The minimum absolute atomic E-state index is 0.130. The van der Waals surface area contributed by atoms with Crippen LogP contribution in [-0.2, 0) is 9.59 Å². The van der Waals surface area contributed by atoms with Crippen LogP contribution in [0.15, 0.2) is 16.6 Å². The fourth-order valence-corrected chi connectivity index (χ4v) is 2.02. The highest BCUT2D eigenvalue weighted by Crippen LogP contribution is 2.31. The Morgan fingerprint density at radius 1 is 1.37 bits per heavy atom. The van der Waals surface area contributed by atoms with Crippen LogP contribution in [0.5, 0.6) is 5.75 Å². The molecule has 0 radical (unpaired) electrons. The number of nitrogens with one attached hydrogen (secondary N) is 2. The average molecular weight is 330 g/mol. The number of halogens is 1. The van der Waals surface area contributed by atoms with E-state index in [9.17, 15) is 9.59 Å². The first-order valence-electron chi connectivity index (χ1n) is 5.58. The van der Waals surface area contributed by atoms with Gasteiger partial charge < -0.3 is 21.1 Å². The van der Waals surface area contributed by atoms with Crippen LogP contribution in [0.4, 0.5) is 5.69 Å². The van der Waals surface area contributed by atoms with E-state index in [2.05, 4.69) is 26.6 Å². The Morgan fingerprint density at radius 2 is 2.05 bits per heavy atom. The Balaban J connectivity index is 2.76. The van der Waals surface area contributed by atoms with Crippen molar-refractivity contribution >= 4 is 33.4 Å². The number of nitrogens with two attached hydrogens (primary N) is 1. The zero-order valence-corrected chi connectivity index (χ0v) is 12.3. The molecule has 6 nitrogen and oxygen atoms in total. The monoisotopic (exact) mass is 329 g/mol. The van der Waals surface area contributed by atoms with Gasteiger partial charge in [-0.3, -0.25) is 9.59 Å². The lowest BCUT2D eigenvalue weighted by atomic mass is 10.2. The van der Waals surface area contributed by atoms with Gasteiger partial charge in [-0.05, 0) is 24.6 Å². The van der Waals surface area contributed by atoms with Crippen LogP contribution in [0.2, 0.25) is 0 Å². The van der Waals surface area contributed by atoms with E-state index < -0.39 is 0 Å². The van der Waals surface area contributed by atoms with E-state index in [0.717, 1.165) is 10.0 Å². The molecule has 0 spiro atoms. The number of carbonyl (C=O) groups is 2. The molecule has 0 aliphatic rings. The van der Waals surface area contributed by atoms with Crippen molar-refractivity contribution in [3.05, 3.63) is 22.2 Å². The molecule has 0 bridgehead atoms. The van der Waals surface area contributed by atoms with Crippen LogP contribution in [0.25, 0.3) is 0 Å². The Kier molecular flexibility index (Phi) is 5.78. The second-order valence-corrected chi connectivity index (χ2v) is 4.74. The highest BCUT2D eigenvalue weighted by atomic mass is 79.9. The summed E-state index contributed by atoms with van der Waals surface area (Å²) in [5.41, 5.74) is 6.56. The van der Waals surface area contributed by atoms with Crippen LogP contribution in [-0.4, -0.2) is 32.0 Å². The van der Waals surface area contributed by atoms with Crippen molar-refractivity contribution in [2.75, 3.05) is 25.5 Å². The van der Waals surface area contributed by atoms with E-state index in [-0.39, 0.29) is 24.9 Å². The summed E-state index contributed by atoms with van der Waals surface area (Å²) in [5, 5.41) is 5.09. The van der Waals surface area contributed by atoms with E-state index in [1.165, 1.54) is 7.11 Å². The van der Waals surface area contributed by atoms with Crippen LogP contribution >= 0.6 is 15.9 Å². The first-order chi connectivity index (χ1) is 8.97. The van der Waals surface area contributed by atoms with E-state index in [4.69, 9.17) is 10.5 Å². The number of hydrogen-bond acceptors (Lipinski definition) is 4. The summed E-state index contributed by atoms with van der Waals surface area (Å²) >= 11 is 3.35. The first kappa shape index (κ1) is 15.5. The number of benzene rings is 1. The lowest BCUT2D eigenvalue weighted by molar-refractivity contribution is -0.123. The molecule has 0 atom stereocenters. The van der Waals surface area contributed by atoms with Gasteiger partial charge in [0.05, 0.1) is 25.9 Å².